The first-order valence-corrected chi connectivity index (χ1v) is 8.12. The van der Waals surface area contributed by atoms with Gasteiger partial charge in [0.15, 0.2) is 0 Å². The fourth-order valence-electron chi connectivity index (χ4n) is 3.01. The van der Waals surface area contributed by atoms with E-state index in [0.717, 1.165) is 19.4 Å². The van der Waals surface area contributed by atoms with Gasteiger partial charge >= 0.3 is 0 Å². The molecule has 3 heterocycles. The second-order valence-corrected chi connectivity index (χ2v) is 6.36. The van der Waals surface area contributed by atoms with Gasteiger partial charge in [-0.05, 0) is 58.2 Å². The second kappa shape index (κ2) is 7.76. The second-order valence-electron chi connectivity index (χ2n) is 6.36. The number of hydrogen-bond acceptors (Lipinski definition) is 4. The molecule has 3 rings (SSSR count). The van der Waals surface area contributed by atoms with Gasteiger partial charge in [0.2, 0.25) is 0 Å². The number of hydrogen-bond donors (Lipinski definition) is 1. The molecular weight excluding hydrogens is 262 g/mol. The van der Waals surface area contributed by atoms with Crippen molar-refractivity contribution in [3.05, 3.63) is 24.0 Å². The van der Waals surface area contributed by atoms with Crippen molar-refractivity contribution < 1.29 is 5.11 Å². The number of rotatable bonds is 1. The van der Waals surface area contributed by atoms with Crippen LogP contribution in [0.25, 0.3) is 0 Å². The predicted molar refractivity (Wildman–Crippen MR) is 87.8 cm³/mol. The van der Waals surface area contributed by atoms with Crippen molar-refractivity contribution in [2.45, 2.75) is 51.7 Å². The van der Waals surface area contributed by atoms with Gasteiger partial charge in [0.05, 0.1) is 18.0 Å². The van der Waals surface area contributed by atoms with Crippen molar-refractivity contribution >= 4 is 5.69 Å². The Bertz CT molecular complexity index is 432. The summed E-state index contributed by atoms with van der Waals surface area (Å²) in [6, 6.07) is 2.64. The first kappa shape index (κ1) is 16.2. The number of aliphatic hydroxyl groups is 1. The Hall–Kier alpha value is -1.13. The minimum atomic E-state index is -0.0452. The van der Waals surface area contributed by atoms with Crippen molar-refractivity contribution in [2.24, 2.45) is 0 Å². The lowest BCUT2D eigenvalue weighted by atomic mass is 10.0. The van der Waals surface area contributed by atoms with Crippen molar-refractivity contribution in [1.29, 1.82) is 0 Å². The van der Waals surface area contributed by atoms with Crippen LogP contribution in [-0.2, 0) is 0 Å². The van der Waals surface area contributed by atoms with E-state index in [1.54, 1.807) is 0 Å². The van der Waals surface area contributed by atoms with E-state index < -0.39 is 0 Å². The van der Waals surface area contributed by atoms with Crippen LogP contribution in [0.3, 0.4) is 0 Å². The molecule has 0 radical (unpaired) electrons. The van der Waals surface area contributed by atoms with Crippen LogP contribution in [-0.4, -0.2) is 53.8 Å². The molecule has 2 unspecified atom stereocenters. The zero-order chi connectivity index (χ0) is 15.2. The zero-order valence-corrected chi connectivity index (χ0v) is 13.6. The number of piperidine rings is 1. The van der Waals surface area contributed by atoms with Gasteiger partial charge in [0.1, 0.15) is 0 Å². The van der Waals surface area contributed by atoms with Crippen LogP contribution in [0.4, 0.5) is 5.69 Å². The van der Waals surface area contributed by atoms with E-state index in [1.807, 2.05) is 12.4 Å². The Morgan fingerprint density at radius 3 is 2.52 bits per heavy atom. The van der Waals surface area contributed by atoms with E-state index in [0.29, 0.717) is 6.04 Å². The number of anilines is 1. The molecule has 0 saturated carbocycles. The highest BCUT2D eigenvalue weighted by atomic mass is 16.3. The summed E-state index contributed by atoms with van der Waals surface area (Å²) in [7, 11) is 2.11. The average molecular weight is 291 g/mol. The summed E-state index contributed by atoms with van der Waals surface area (Å²) in [5.74, 6) is 0. The first-order chi connectivity index (χ1) is 10.1. The summed E-state index contributed by atoms with van der Waals surface area (Å²) in [5, 5.41) is 9.17. The van der Waals surface area contributed by atoms with Crippen molar-refractivity contribution in [2.75, 3.05) is 31.6 Å². The van der Waals surface area contributed by atoms with E-state index in [4.69, 9.17) is 0 Å². The van der Waals surface area contributed by atoms with E-state index >= 15 is 0 Å². The lowest BCUT2D eigenvalue weighted by Crippen LogP contribution is -2.39. The summed E-state index contributed by atoms with van der Waals surface area (Å²) in [5.41, 5.74) is 2.65. The third-order valence-electron chi connectivity index (χ3n) is 4.64. The van der Waals surface area contributed by atoms with Crippen LogP contribution in [0.2, 0.25) is 0 Å². The largest absolute Gasteiger partial charge is 0.393 e. The molecule has 2 aliphatic rings. The molecule has 1 N–H and O–H groups in total. The molecule has 118 valence electrons. The monoisotopic (exact) mass is 291 g/mol. The van der Waals surface area contributed by atoms with E-state index in [2.05, 4.69) is 41.7 Å². The normalized spacial score (nSPS) is 26.4. The Balaban J connectivity index is 0.000000161. The molecule has 21 heavy (non-hydrogen) atoms. The molecule has 2 aliphatic heterocycles. The molecular formula is C17H29N3O. The maximum absolute atomic E-state index is 9.17. The third-order valence-corrected chi connectivity index (χ3v) is 4.64. The average Bonchev–Trinajstić information content (AvgIpc) is 2.98. The maximum atomic E-state index is 9.17. The van der Waals surface area contributed by atoms with Crippen LogP contribution in [0.15, 0.2) is 18.5 Å². The van der Waals surface area contributed by atoms with Crippen molar-refractivity contribution in [1.82, 2.24) is 9.88 Å². The molecule has 0 amide bonds. The van der Waals surface area contributed by atoms with Crippen molar-refractivity contribution in [3.63, 3.8) is 0 Å². The number of aliphatic hydroxyl groups excluding tert-OH is 1. The van der Waals surface area contributed by atoms with Gasteiger partial charge < -0.3 is 14.9 Å². The molecule has 1 aromatic heterocycles. The highest BCUT2D eigenvalue weighted by Gasteiger charge is 2.20. The van der Waals surface area contributed by atoms with Crippen molar-refractivity contribution in [3.8, 4) is 0 Å². The van der Waals surface area contributed by atoms with Gasteiger partial charge in [-0.3, -0.25) is 4.98 Å². The van der Waals surface area contributed by atoms with Gasteiger partial charge in [-0.1, -0.05) is 0 Å². The Labute approximate surface area is 128 Å². The molecule has 0 spiro atoms. The van der Waals surface area contributed by atoms with Crippen LogP contribution in [0.5, 0.6) is 0 Å². The molecule has 2 saturated heterocycles. The summed E-state index contributed by atoms with van der Waals surface area (Å²) in [6.07, 6.45) is 8.33. The minimum absolute atomic E-state index is 0.0452. The van der Waals surface area contributed by atoms with E-state index in [-0.39, 0.29) is 6.10 Å². The Kier molecular flexibility index (Phi) is 6.00. The highest BCUT2D eigenvalue weighted by molar-refractivity contribution is 5.51. The number of aryl methyl sites for hydroxylation is 1. The minimum Gasteiger partial charge on any atom is -0.393 e. The topological polar surface area (TPSA) is 39.6 Å². The quantitative estimate of drug-likeness (QED) is 0.863. The van der Waals surface area contributed by atoms with Crippen LogP contribution in [0, 0.1) is 6.92 Å². The van der Waals surface area contributed by atoms with Crippen LogP contribution in [0.1, 0.15) is 38.2 Å². The fourth-order valence-corrected chi connectivity index (χ4v) is 3.01. The van der Waals surface area contributed by atoms with Gasteiger partial charge in [0, 0.05) is 31.9 Å². The number of nitrogens with zero attached hydrogens (tertiary/aromatic N) is 3. The molecule has 0 aliphatic carbocycles. The molecule has 0 aromatic carbocycles. The lowest BCUT2D eigenvalue weighted by Gasteiger charge is -2.32. The van der Waals surface area contributed by atoms with Crippen LogP contribution < -0.4 is 4.90 Å². The Morgan fingerprint density at radius 2 is 1.95 bits per heavy atom. The zero-order valence-electron chi connectivity index (χ0n) is 13.6. The molecule has 2 atom stereocenters. The number of aromatic nitrogens is 1. The molecule has 0 bridgehead atoms. The van der Waals surface area contributed by atoms with Gasteiger partial charge in [-0.15, -0.1) is 0 Å². The van der Waals surface area contributed by atoms with Gasteiger partial charge in [-0.2, -0.15) is 0 Å². The van der Waals surface area contributed by atoms with Gasteiger partial charge in [-0.25, -0.2) is 0 Å². The lowest BCUT2D eigenvalue weighted by molar-refractivity contribution is 0.0624. The standard InChI is InChI=1S/C10H14N2.C7H15NO/c1-9-4-5-11-8-10(9)12-6-2-3-7-12;1-6-5-7(9)3-4-8(6)2/h4-5,8H,2-3,6-7H2,1H3;6-7,9H,3-5H2,1-2H3. The van der Waals surface area contributed by atoms with Crippen LogP contribution >= 0.6 is 0 Å². The molecule has 1 aromatic rings. The SMILES string of the molecule is CC1CC(O)CCN1C.Cc1ccncc1N1CCCC1. The summed E-state index contributed by atoms with van der Waals surface area (Å²) >= 11 is 0. The van der Waals surface area contributed by atoms with Gasteiger partial charge in [0.25, 0.3) is 0 Å². The fraction of sp³-hybridized carbons (Fsp3) is 0.706. The molecule has 4 nitrogen and oxygen atoms in total. The molecule has 2 fully saturated rings. The van der Waals surface area contributed by atoms with E-state index in [1.165, 1.54) is 37.2 Å². The number of likely N-dealkylation sites (tertiary alicyclic amines) is 1. The predicted octanol–water partition coefficient (Wildman–Crippen LogP) is 2.45. The highest BCUT2D eigenvalue weighted by Crippen LogP contribution is 2.22. The summed E-state index contributed by atoms with van der Waals surface area (Å²) < 4.78 is 0. The first-order valence-electron chi connectivity index (χ1n) is 8.12. The summed E-state index contributed by atoms with van der Waals surface area (Å²) in [4.78, 5) is 8.85. The number of pyridine rings is 1. The molecule has 4 heteroatoms. The smallest absolute Gasteiger partial charge is 0.0582 e. The third kappa shape index (κ3) is 4.68. The Morgan fingerprint density at radius 1 is 1.24 bits per heavy atom. The van der Waals surface area contributed by atoms with E-state index in [9.17, 15) is 5.11 Å². The summed E-state index contributed by atoms with van der Waals surface area (Å²) in [6.45, 7) is 7.75. The maximum Gasteiger partial charge on any atom is 0.0582 e.